The fourth-order valence-corrected chi connectivity index (χ4v) is 3.34. The topological polar surface area (TPSA) is 80.6 Å². The van der Waals surface area contributed by atoms with Crippen molar-refractivity contribution in [3.8, 4) is 5.75 Å². The average molecular weight is 428 g/mol. The number of hydrogen-bond donors (Lipinski definition) is 2. The molecule has 0 aliphatic rings. The SMILES string of the molecule is O=C(COc1cccc(NC(=O)c2ccco2)c1)NCCCSc1ccc(F)cc1. The quantitative estimate of drug-likeness (QED) is 0.371. The molecule has 3 aromatic rings. The van der Waals surface area contributed by atoms with Crippen molar-refractivity contribution >= 4 is 29.3 Å². The summed E-state index contributed by atoms with van der Waals surface area (Å²) in [6.07, 6.45) is 2.20. The van der Waals surface area contributed by atoms with E-state index in [4.69, 9.17) is 9.15 Å². The highest BCUT2D eigenvalue weighted by Gasteiger charge is 2.09. The van der Waals surface area contributed by atoms with E-state index in [9.17, 15) is 14.0 Å². The van der Waals surface area contributed by atoms with Gasteiger partial charge in [-0.25, -0.2) is 4.39 Å². The van der Waals surface area contributed by atoms with Crippen LogP contribution in [0, 0.1) is 5.82 Å². The largest absolute Gasteiger partial charge is 0.484 e. The van der Waals surface area contributed by atoms with Crippen LogP contribution in [0.25, 0.3) is 0 Å². The lowest BCUT2D eigenvalue weighted by Gasteiger charge is -2.09. The van der Waals surface area contributed by atoms with Crippen LogP contribution in [0.2, 0.25) is 0 Å². The standard InChI is InChI=1S/C22H21FN2O4S/c23-16-7-9-19(10-8-16)30-13-3-11-24-21(26)15-29-18-5-1-4-17(14-18)25-22(27)20-6-2-12-28-20/h1-2,4-10,12,14H,3,11,13,15H2,(H,24,26)(H,25,27). The number of benzene rings is 2. The van der Waals surface area contributed by atoms with Crippen LogP contribution in [-0.4, -0.2) is 30.7 Å². The van der Waals surface area contributed by atoms with Crippen molar-refractivity contribution in [2.45, 2.75) is 11.3 Å². The summed E-state index contributed by atoms with van der Waals surface area (Å²) in [6.45, 7) is 0.399. The van der Waals surface area contributed by atoms with Gasteiger partial charge in [0.1, 0.15) is 11.6 Å². The van der Waals surface area contributed by atoms with E-state index in [0.717, 1.165) is 17.1 Å². The van der Waals surface area contributed by atoms with E-state index in [-0.39, 0.29) is 30.0 Å². The summed E-state index contributed by atoms with van der Waals surface area (Å²) in [7, 11) is 0. The highest BCUT2D eigenvalue weighted by atomic mass is 32.2. The number of halogens is 1. The van der Waals surface area contributed by atoms with Crippen molar-refractivity contribution in [3.63, 3.8) is 0 Å². The zero-order chi connectivity index (χ0) is 21.2. The molecule has 0 bridgehead atoms. The molecule has 30 heavy (non-hydrogen) atoms. The minimum atomic E-state index is -0.367. The van der Waals surface area contributed by atoms with Crippen LogP contribution < -0.4 is 15.4 Å². The Bertz CT molecular complexity index is 962. The molecule has 2 aromatic carbocycles. The Hall–Kier alpha value is -3.26. The molecule has 1 aromatic heterocycles. The van der Waals surface area contributed by atoms with Gasteiger partial charge in [-0.1, -0.05) is 6.07 Å². The van der Waals surface area contributed by atoms with E-state index in [1.54, 1.807) is 60.3 Å². The monoisotopic (exact) mass is 428 g/mol. The van der Waals surface area contributed by atoms with Crippen LogP contribution in [0.4, 0.5) is 10.1 Å². The number of rotatable bonds is 10. The Balaban J connectivity index is 1.34. The third-order valence-corrected chi connectivity index (χ3v) is 5.03. The fourth-order valence-electron chi connectivity index (χ4n) is 2.48. The molecule has 2 amide bonds. The number of carbonyl (C=O) groups is 2. The lowest BCUT2D eigenvalue weighted by atomic mass is 10.3. The maximum atomic E-state index is 12.9. The number of nitrogens with one attached hydrogen (secondary N) is 2. The third-order valence-electron chi connectivity index (χ3n) is 3.93. The summed E-state index contributed by atoms with van der Waals surface area (Å²) < 4.78 is 23.4. The Morgan fingerprint density at radius 3 is 2.67 bits per heavy atom. The lowest BCUT2D eigenvalue weighted by molar-refractivity contribution is -0.123. The molecule has 0 saturated carbocycles. The van der Waals surface area contributed by atoms with Gasteiger partial charge in [0.2, 0.25) is 0 Å². The number of amides is 2. The summed E-state index contributed by atoms with van der Waals surface area (Å²) >= 11 is 1.61. The number of anilines is 1. The zero-order valence-corrected chi connectivity index (χ0v) is 16.9. The van der Waals surface area contributed by atoms with Gasteiger partial charge in [0.15, 0.2) is 12.4 Å². The Kier molecular flexibility index (Phi) is 7.91. The summed E-state index contributed by atoms with van der Waals surface area (Å²) in [5.74, 6) is 0.634. The molecule has 0 spiro atoms. The summed E-state index contributed by atoms with van der Waals surface area (Å²) in [4.78, 5) is 24.9. The first-order chi connectivity index (χ1) is 14.6. The summed E-state index contributed by atoms with van der Waals surface area (Å²) in [5.41, 5.74) is 0.534. The van der Waals surface area contributed by atoms with Gasteiger partial charge in [0.25, 0.3) is 11.8 Å². The summed E-state index contributed by atoms with van der Waals surface area (Å²) in [6, 6.07) is 16.3. The van der Waals surface area contributed by atoms with E-state index in [0.29, 0.717) is 18.0 Å². The van der Waals surface area contributed by atoms with Crippen LogP contribution in [0.3, 0.4) is 0 Å². The van der Waals surface area contributed by atoms with Gasteiger partial charge >= 0.3 is 0 Å². The molecule has 0 radical (unpaired) electrons. The molecule has 0 unspecified atom stereocenters. The molecule has 0 aliphatic carbocycles. The third kappa shape index (κ3) is 6.97. The van der Waals surface area contributed by atoms with E-state index in [2.05, 4.69) is 10.6 Å². The van der Waals surface area contributed by atoms with E-state index in [1.165, 1.54) is 18.4 Å². The molecule has 8 heteroatoms. The smallest absolute Gasteiger partial charge is 0.291 e. The number of thioether (sulfide) groups is 1. The Morgan fingerprint density at radius 1 is 1.07 bits per heavy atom. The van der Waals surface area contributed by atoms with Crippen LogP contribution in [0.1, 0.15) is 17.0 Å². The average Bonchev–Trinajstić information content (AvgIpc) is 3.29. The van der Waals surface area contributed by atoms with Crippen molar-refractivity contribution < 1.29 is 23.1 Å². The maximum Gasteiger partial charge on any atom is 0.291 e. The Labute approximate surface area is 177 Å². The van der Waals surface area contributed by atoms with Gasteiger partial charge in [0, 0.05) is 23.2 Å². The van der Waals surface area contributed by atoms with Crippen molar-refractivity contribution in [2.75, 3.05) is 24.2 Å². The first kappa shape index (κ1) is 21.4. The molecule has 6 nitrogen and oxygen atoms in total. The van der Waals surface area contributed by atoms with Crippen LogP contribution in [-0.2, 0) is 4.79 Å². The molecule has 1 heterocycles. The number of hydrogen-bond acceptors (Lipinski definition) is 5. The second kappa shape index (κ2) is 11.1. The normalized spacial score (nSPS) is 10.4. The van der Waals surface area contributed by atoms with Crippen molar-refractivity contribution in [3.05, 3.63) is 78.5 Å². The molecule has 0 atom stereocenters. The molecule has 2 N–H and O–H groups in total. The molecule has 0 saturated heterocycles. The van der Waals surface area contributed by atoms with Crippen molar-refractivity contribution in [1.82, 2.24) is 5.32 Å². The van der Waals surface area contributed by atoms with Gasteiger partial charge in [-0.3, -0.25) is 9.59 Å². The summed E-state index contributed by atoms with van der Waals surface area (Å²) in [5, 5.41) is 5.50. The number of furan rings is 1. The van der Waals surface area contributed by atoms with Crippen LogP contribution in [0.5, 0.6) is 5.75 Å². The van der Waals surface area contributed by atoms with E-state index >= 15 is 0 Å². The minimum Gasteiger partial charge on any atom is -0.484 e. The highest BCUT2D eigenvalue weighted by molar-refractivity contribution is 7.99. The molecular formula is C22H21FN2O4S. The highest BCUT2D eigenvalue weighted by Crippen LogP contribution is 2.19. The maximum absolute atomic E-state index is 12.9. The van der Waals surface area contributed by atoms with Crippen LogP contribution in [0.15, 0.2) is 76.2 Å². The van der Waals surface area contributed by atoms with Gasteiger partial charge < -0.3 is 19.8 Å². The number of ether oxygens (including phenoxy) is 1. The molecule has 0 fully saturated rings. The molecule has 0 aliphatic heterocycles. The fraction of sp³-hybridized carbons (Fsp3) is 0.182. The van der Waals surface area contributed by atoms with Gasteiger partial charge in [0.05, 0.1) is 6.26 Å². The number of carbonyl (C=O) groups excluding carboxylic acids is 2. The first-order valence-corrected chi connectivity index (χ1v) is 10.3. The zero-order valence-electron chi connectivity index (χ0n) is 16.1. The van der Waals surface area contributed by atoms with Crippen molar-refractivity contribution in [2.24, 2.45) is 0 Å². The minimum absolute atomic E-state index is 0.124. The second-order valence-electron chi connectivity index (χ2n) is 6.25. The van der Waals surface area contributed by atoms with Gasteiger partial charge in [-0.05, 0) is 60.7 Å². The molecule has 156 valence electrons. The Morgan fingerprint density at radius 2 is 1.90 bits per heavy atom. The predicted octanol–water partition coefficient (Wildman–Crippen LogP) is 4.35. The van der Waals surface area contributed by atoms with Gasteiger partial charge in [-0.15, -0.1) is 11.8 Å². The van der Waals surface area contributed by atoms with Crippen molar-refractivity contribution in [1.29, 1.82) is 0 Å². The predicted molar refractivity (Wildman–Crippen MR) is 113 cm³/mol. The molecular weight excluding hydrogens is 407 g/mol. The van der Waals surface area contributed by atoms with Gasteiger partial charge in [-0.2, -0.15) is 0 Å². The lowest BCUT2D eigenvalue weighted by Crippen LogP contribution is -2.29. The van der Waals surface area contributed by atoms with Crippen LogP contribution >= 0.6 is 11.8 Å². The van der Waals surface area contributed by atoms with E-state index < -0.39 is 0 Å². The van der Waals surface area contributed by atoms with E-state index in [1.807, 2.05) is 0 Å². The first-order valence-electron chi connectivity index (χ1n) is 9.33. The molecule has 3 rings (SSSR count). The second-order valence-corrected chi connectivity index (χ2v) is 7.42.